The van der Waals surface area contributed by atoms with Crippen molar-refractivity contribution in [2.24, 2.45) is 5.92 Å². The second kappa shape index (κ2) is 11.2. The van der Waals surface area contributed by atoms with E-state index in [1.165, 1.54) is 63.4 Å². The third-order valence-electron chi connectivity index (χ3n) is 3.57. The van der Waals surface area contributed by atoms with E-state index in [0.717, 1.165) is 12.3 Å². The normalized spacial score (nSPS) is 12.7. The molecule has 0 heteroatoms. The molecule has 0 spiro atoms. The van der Waals surface area contributed by atoms with Crippen LogP contribution in [-0.2, 0) is 0 Å². The van der Waals surface area contributed by atoms with E-state index in [1.807, 2.05) is 0 Å². The summed E-state index contributed by atoms with van der Waals surface area (Å²) in [6, 6.07) is 0. The van der Waals surface area contributed by atoms with Crippen molar-refractivity contribution >= 4 is 0 Å². The molecule has 0 aliphatic heterocycles. The average Bonchev–Trinajstić information content (AvgIpc) is 2.30. The molecule has 0 N–H and O–H groups in total. The van der Waals surface area contributed by atoms with Crippen LogP contribution in [0.3, 0.4) is 0 Å². The van der Waals surface area contributed by atoms with E-state index in [0.29, 0.717) is 0 Å². The molecule has 0 aromatic carbocycles. The highest BCUT2D eigenvalue weighted by Crippen LogP contribution is 2.23. The van der Waals surface area contributed by atoms with Gasteiger partial charge in [-0.15, -0.1) is 0 Å². The predicted octanol–water partition coefficient (Wildman–Crippen LogP) is 6.12. The Hall–Kier alpha value is -0.260. The van der Waals surface area contributed by atoms with Gasteiger partial charge in [0.15, 0.2) is 0 Å². The van der Waals surface area contributed by atoms with Crippen molar-refractivity contribution in [3.63, 3.8) is 0 Å². The zero-order valence-electron chi connectivity index (χ0n) is 11.9. The smallest absolute Gasteiger partial charge is 0.0320 e. The minimum absolute atomic E-state index is 0.963. The van der Waals surface area contributed by atoms with E-state index in [2.05, 4.69) is 27.4 Å². The number of unbranched alkanes of at least 4 members (excludes halogenated alkanes) is 3. The number of allylic oxidation sites excluding steroid dienone is 1. The van der Waals surface area contributed by atoms with Gasteiger partial charge in [0, 0.05) is 0 Å². The van der Waals surface area contributed by atoms with Crippen molar-refractivity contribution in [3.05, 3.63) is 12.2 Å². The summed E-state index contributed by atoms with van der Waals surface area (Å²) in [6.45, 7) is 10.9. The first-order valence-electron chi connectivity index (χ1n) is 7.41. The lowest BCUT2D eigenvalue weighted by atomic mass is 9.90. The van der Waals surface area contributed by atoms with Crippen molar-refractivity contribution in [2.45, 2.75) is 85.0 Å². The summed E-state index contributed by atoms with van der Waals surface area (Å²) in [5.74, 6) is 0.963. The van der Waals surface area contributed by atoms with Gasteiger partial charge in [-0.1, -0.05) is 77.9 Å². The molecule has 0 amide bonds. The number of rotatable bonds is 11. The van der Waals surface area contributed by atoms with Crippen molar-refractivity contribution < 1.29 is 0 Å². The molecule has 96 valence electrons. The molecule has 1 unspecified atom stereocenters. The van der Waals surface area contributed by atoms with Gasteiger partial charge in [0.2, 0.25) is 0 Å². The Kier molecular flexibility index (Phi) is 11.0. The molecule has 0 aliphatic rings. The van der Waals surface area contributed by atoms with Gasteiger partial charge >= 0.3 is 0 Å². The zero-order valence-corrected chi connectivity index (χ0v) is 11.9. The van der Waals surface area contributed by atoms with Crippen LogP contribution in [0.15, 0.2) is 12.2 Å². The summed E-state index contributed by atoms with van der Waals surface area (Å²) in [4.78, 5) is 0. The fraction of sp³-hybridized carbons (Fsp3) is 0.875. The fourth-order valence-corrected chi connectivity index (χ4v) is 2.29. The van der Waals surface area contributed by atoms with Gasteiger partial charge < -0.3 is 0 Å². The highest BCUT2D eigenvalue weighted by atomic mass is 14.1. The Morgan fingerprint density at radius 2 is 1.62 bits per heavy atom. The third kappa shape index (κ3) is 9.00. The molecule has 0 aromatic rings. The van der Waals surface area contributed by atoms with E-state index in [4.69, 9.17) is 0 Å². The Bertz CT molecular complexity index is 157. The van der Waals surface area contributed by atoms with Gasteiger partial charge in [-0.05, 0) is 25.2 Å². The van der Waals surface area contributed by atoms with Gasteiger partial charge in [-0.2, -0.15) is 0 Å². The van der Waals surface area contributed by atoms with Crippen LogP contribution in [0.2, 0.25) is 0 Å². The SMILES string of the molecule is C=C(CC)CCC(CCC)CCCCCC. The molecule has 0 saturated carbocycles. The molecule has 0 radical (unpaired) electrons. The van der Waals surface area contributed by atoms with Gasteiger partial charge in [-0.3, -0.25) is 0 Å². The number of hydrogen-bond donors (Lipinski definition) is 0. The molecule has 0 heterocycles. The van der Waals surface area contributed by atoms with E-state index in [1.54, 1.807) is 0 Å². The summed E-state index contributed by atoms with van der Waals surface area (Å²) >= 11 is 0. The van der Waals surface area contributed by atoms with E-state index < -0.39 is 0 Å². The molecule has 0 fully saturated rings. The van der Waals surface area contributed by atoms with E-state index in [-0.39, 0.29) is 0 Å². The van der Waals surface area contributed by atoms with E-state index >= 15 is 0 Å². The molecule has 0 aromatic heterocycles. The topological polar surface area (TPSA) is 0 Å². The lowest BCUT2D eigenvalue weighted by Crippen LogP contribution is -2.01. The predicted molar refractivity (Wildman–Crippen MR) is 75.8 cm³/mol. The van der Waals surface area contributed by atoms with Crippen molar-refractivity contribution in [1.29, 1.82) is 0 Å². The molecular formula is C16H32. The Labute approximate surface area is 104 Å². The summed E-state index contributed by atoms with van der Waals surface area (Å²) < 4.78 is 0. The molecule has 0 saturated heterocycles. The Morgan fingerprint density at radius 3 is 2.19 bits per heavy atom. The summed E-state index contributed by atoms with van der Waals surface area (Å²) in [7, 11) is 0. The first-order valence-corrected chi connectivity index (χ1v) is 7.41. The second-order valence-corrected chi connectivity index (χ2v) is 5.15. The van der Waals surface area contributed by atoms with Crippen LogP contribution in [0.4, 0.5) is 0 Å². The van der Waals surface area contributed by atoms with Gasteiger partial charge in [0.1, 0.15) is 0 Å². The standard InChI is InChI=1S/C16H32/c1-5-8-9-10-12-16(11-6-2)14-13-15(4)7-3/h16H,4-14H2,1-3H3. The van der Waals surface area contributed by atoms with Crippen LogP contribution in [0.5, 0.6) is 0 Å². The summed E-state index contributed by atoms with van der Waals surface area (Å²) in [6.07, 6.45) is 13.7. The molecule has 0 nitrogen and oxygen atoms in total. The Balaban J connectivity index is 3.65. The second-order valence-electron chi connectivity index (χ2n) is 5.15. The van der Waals surface area contributed by atoms with Gasteiger partial charge in [0.25, 0.3) is 0 Å². The van der Waals surface area contributed by atoms with Crippen LogP contribution >= 0.6 is 0 Å². The molecule has 0 aliphatic carbocycles. The maximum atomic E-state index is 4.11. The first kappa shape index (κ1) is 15.7. The third-order valence-corrected chi connectivity index (χ3v) is 3.57. The first-order chi connectivity index (χ1) is 7.74. The molecular weight excluding hydrogens is 192 g/mol. The van der Waals surface area contributed by atoms with Crippen molar-refractivity contribution in [3.8, 4) is 0 Å². The van der Waals surface area contributed by atoms with Crippen molar-refractivity contribution in [2.75, 3.05) is 0 Å². The van der Waals surface area contributed by atoms with Crippen LogP contribution < -0.4 is 0 Å². The van der Waals surface area contributed by atoms with Gasteiger partial charge in [0.05, 0.1) is 0 Å². The molecule has 0 bridgehead atoms. The Morgan fingerprint density at radius 1 is 0.875 bits per heavy atom. The molecule has 0 rings (SSSR count). The van der Waals surface area contributed by atoms with Crippen LogP contribution in [0, 0.1) is 5.92 Å². The molecule has 16 heavy (non-hydrogen) atoms. The van der Waals surface area contributed by atoms with Crippen LogP contribution in [-0.4, -0.2) is 0 Å². The molecule has 1 atom stereocenters. The highest BCUT2D eigenvalue weighted by molar-refractivity contribution is 4.92. The minimum atomic E-state index is 0.963. The largest absolute Gasteiger partial charge is 0.0999 e. The van der Waals surface area contributed by atoms with Crippen LogP contribution in [0.25, 0.3) is 0 Å². The zero-order chi connectivity index (χ0) is 12.2. The van der Waals surface area contributed by atoms with Crippen LogP contribution in [0.1, 0.15) is 85.0 Å². The maximum absolute atomic E-state index is 4.11. The quantitative estimate of drug-likeness (QED) is 0.293. The monoisotopic (exact) mass is 224 g/mol. The number of hydrogen-bond acceptors (Lipinski definition) is 0. The lowest BCUT2D eigenvalue weighted by molar-refractivity contribution is 0.394. The summed E-state index contributed by atoms with van der Waals surface area (Å²) in [5, 5.41) is 0. The lowest BCUT2D eigenvalue weighted by Gasteiger charge is -2.16. The fourth-order valence-electron chi connectivity index (χ4n) is 2.29. The van der Waals surface area contributed by atoms with Gasteiger partial charge in [-0.25, -0.2) is 0 Å². The van der Waals surface area contributed by atoms with Crippen molar-refractivity contribution in [1.82, 2.24) is 0 Å². The average molecular weight is 224 g/mol. The van der Waals surface area contributed by atoms with E-state index in [9.17, 15) is 0 Å². The maximum Gasteiger partial charge on any atom is -0.0320 e. The summed E-state index contributed by atoms with van der Waals surface area (Å²) in [5.41, 5.74) is 1.44. The highest BCUT2D eigenvalue weighted by Gasteiger charge is 2.07. The minimum Gasteiger partial charge on any atom is -0.0999 e.